The molecule has 0 unspecified atom stereocenters. The number of hydrogen-bond donors (Lipinski definition) is 0. The predicted octanol–water partition coefficient (Wildman–Crippen LogP) is 13.2. The van der Waals surface area contributed by atoms with Crippen molar-refractivity contribution in [3.63, 3.8) is 0 Å². The van der Waals surface area contributed by atoms with Crippen molar-refractivity contribution in [3.8, 4) is 62.1 Å². The van der Waals surface area contributed by atoms with Gasteiger partial charge < -0.3 is 8.98 Å². The van der Waals surface area contributed by atoms with Crippen molar-refractivity contribution in [1.82, 2.24) is 19.5 Å². The normalized spacial score (nSPS) is 11.6. The highest BCUT2D eigenvalue weighted by atomic mass is 16.3. The summed E-state index contributed by atoms with van der Waals surface area (Å²) in [5.74, 6) is 1.80. The van der Waals surface area contributed by atoms with E-state index in [9.17, 15) is 0 Å². The minimum Gasteiger partial charge on any atom is -0.456 e. The van der Waals surface area contributed by atoms with E-state index in [0.29, 0.717) is 17.5 Å². The first kappa shape index (κ1) is 31.9. The Morgan fingerprint density at radius 2 is 0.768 bits per heavy atom. The van der Waals surface area contributed by atoms with E-state index >= 15 is 0 Å². The maximum absolute atomic E-state index is 6.17. The lowest BCUT2D eigenvalue weighted by molar-refractivity contribution is 0.669. The highest BCUT2D eigenvalue weighted by Gasteiger charge is 2.17. The van der Waals surface area contributed by atoms with E-state index in [1.807, 2.05) is 36.4 Å². The second-order valence-electron chi connectivity index (χ2n) is 14.1. The van der Waals surface area contributed by atoms with Crippen molar-refractivity contribution in [2.24, 2.45) is 0 Å². The van der Waals surface area contributed by atoms with Gasteiger partial charge in [0.25, 0.3) is 0 Å². The molecule has 0 amide bonds. The molecule has 0 saturated heterocycles. The van der Waals surface area contributed by atoms with Gasteiger partial charge >= 0.3 is 0 Å². The SMILES string of the molecule is c1ccc(-c2ccc(-c3cccc(-c4nc(-c5cccc(-n6c7ccccc7c7ccccc76)c5)nc(-c5ccc6oc7ccccc7c6c5)n4)c3)cc2)cc1. The summed E-state index contributed by atoms with van der Waals surface area (Å²) in [6.07, 6.45) is 0. The summed E-state index contributed by atoms with van der Waals surface area (Å²) in [5.41, 5.74) is 12.3. The van der Waals surface area contributed by atoms with Crippen LogP contribution in [-0.2, 0) is 0 Å². The Morgan fingerprint density at radius 3 is 1.46 bits per heavy atom. The van der Waals surface area contributed by atoms with Crippen molar-refractivity contribution in [2.75, 3.05) is 0 Å². The molecule has 3 aromatic heterocycles. The molecule has 0 saturated carbocycles. The third-order valence-electron chi connectivity index (χ3n) is 10.7. The Bertz CT molecular complexity index is 3200. The second-order valence-corrected chi connectivity index (χ2v) is 14.1. The fraction of sp³-hybridized carbons (Fsp3) is 0. The van der Waals surface area contributed by atoms with Gasteiger partial charge in [-0.3, -0.25) is 0 Å². The van der Waals surface area contributed by atoms with Gasteiger partial charge in [-0.1, -0.05) is 140 Å². The fourth-order valence-corrected chi connectivity index (χ4v) is 7.94. The van der Waals surface area contributed by atoms with Gasteiger partial charge in [0, 0.05) is 43.9 Å². The molecule has 262 valence electrons. The summed E-state index contributed by atoms with van der Waals surface area (Å²) in [6, 6.07) is 67.5. The average molecular weight is 717 g/mol. The molecule has 0 bridgehead atoms. The van der Waals surface area contributed by atoms with E-state index in [-0.39, 0.29) is 0 Å². The number of aromatic nitrogens is 4. The van der Waals surface area contributed by atoms with Gasteiger partial charge in [0.05, 0.1) is 11.0 Å². The quantitative estimate of drug-likeness (QED) is 0.172. The van der Waals surface area contributed by atoms with E-state index in [1.54, 1.807) is 0 Å². The fourth-order valence-electron chi connectivity index (χ4n) is 7.94. The van der Waals surface area contributed by atoms with Crippen LogP contribution in [0.15, 0.2) is 199 Å². The van der Waals surface area contributed by atoms with Crippen molar-refractivity contribution >= 4 is 43.7 Å². The Kier molecular flexibility index (Phi) is 7.42. The number of hydrogen-bond acceptors (Lipinski definition) is 4. The van der Waals surface area contributed by atoms with Gasteiger partial charge in [0.1, 0.15) is 11.2 Å². The molecule has 0 radical (unpaired) electrons. The molecule has 8 aromatic carbocycles. The molecule has 56 heavy (non-hydrogen) atoms. The Hall–Kier alpha value is -7.63. The van der Waals surface area contributed by atoms with Crippen LogP contribution in [-0.4, -0.2) is 19.5 Å². The van der Waals surface area contributed by atoms with Crippen LogP contribution in [0.3, 0.4) is 0 Å². The molecule has 5 nitrogen and oxygen atoms in total. The molecule has 0 spiro atoms. The van der Waals surface area contributed by atoms with Crippen molar-refractivity contribution in [1.29, 1.82) is 0 Å². The predicted molar refractivity (Wildman–Crippen MR) is 229 cm³/mol. The van der Waals surface area contributed by atoms with Gasteiger partial charge in [-0.15, -0.1) is 0 Å². The van der Waals surface area contributed by atoms with Gasteiger partial charge in [-0.25, -0.2) is 15.0 Å². The average Bonchev–Trinajstić information content (AvgIpc) is 3.82. The van der Waals surface area contributed by atoms with E-state index in [2.05, 4.69) is 162 Å². The summed E-state index contributed by atoms with van der Waals surface area (Å²) in [4.78, 5) is 15.5. The highest BCUT2D eigenvalue weighted by molar-refractivity contribution is 6.09. The topological polar surface area (TPSA) is 56.7 Å². The molecule has 3 heterocycles. The third-order valence-corrected chi connectivity index (χ3v) is 10.7. The molecule has 0 aliphatic rings. The standard InChI is InChI=1S/C51H32N4O/c1-2-12-33(13-3-1)34-24-26-35(27-25-34)36-14-10-15-37(30-36)49-52-50(54-51(53-49)39-28-29-48-44(32-39)43-20-6-9-23-47(43)56-48)38-16-11-17-40(31-38)55-45-21-7-4-18-41(45)42-19-5-8-22-46(42)55/h1-32H. The summed E-state index contributed by atoms with van der Waals surface area (Å²) in [6.45, 7) is 0. The van der Waals surface area contributed by atoms with E-state index < -0.39 is 0 Å². The minimum atomic E-state index is 0.595. The smallest absolute Gasteiger partial charge is 0.164 e. The molecule has 0 fully saturated rings. The highest BCUT2D eigenvalue weighted by Crippen LogP contribution is 2.36. The maximum Gasteiger partial charge on any atom is 0.164 e. The van der Waals surface area contributed by atoms with Crippen LogP contribution in [0.1, 0.15) is 0 Å². The summed E-state index contributed by atoms with van der Waals surface area (Å²) in [5, 5.41) is 4.52. The largest absolute Gasteiger partial charge is 0.456 e. The van der Waals surface area contributed by atoms with E-state index in [0.717, 1.165) is 66.5 Å². The number of nitrogens with zero attached hydrogens (tertiary/aromatic N) is 4. The molecule has 11 aromatic rings. The minimum absolute atomic E-state index is 0.595. The number of fused-ring (bicyclic) bond motifs is 6. The first-order chi connectivity index (χ1) is 27.7. The van der Waals surface area contributed by atoms with Crippen molar-refractivity contribution in [2.45, 2.75) is 0 Å². The van der Waals surface area contributed by atoms with Gasteiger partial charge in [-0.2, -0.15) is 0 Å². The van der Waals surface area contributed by atoms with Gasteiger partial charge in [0.15, 0.2) is 17.5 Å². The lowest BCUT2D eigenvalue weighted by Gasteiger charge is -2.12. The zero-order valence-electron chi connectivity index (χ0n) is 30.2. The molecule has 0 N–H and O–H groups in total. The summed E-state index contributed by atoms with van der Waals surface area (Å²) in [7, 11) is 0. The zero-order chi connectivity index (χ0) is 37.0. The van der Waals surface area contributed by atoms with Crippen LogP contribution < -0.4 is 0 Å². The van der Waals surface area contributed by atoms with E-state index in [1.165, 1.54) is 21.9 Å². The zero-order valence-corrected chi connectivity index (χ0v) is 30.2. The lowest BCUT2D eigenvalue weighted by atomic mass is 9.99. The molecular formula is C51H32N4O. The number of furan rings is 1. The molecular weight excluding hydrogens is 685 g/mol. The van der Waals surface area contributed by atoms with Crippen LogP contribution in [0, 0.1) is 0 Å². The lowest BCUT2D eigenvalue weighted by Crippen LogP contribution is -2.01. The first-order valence-corrected chi connectivity index (χ1v) is 18.8. The number of benzene rings is 8. The Balaban J connectivity index is 1.06. The molecule has 0 aliphatic carbocycles. The third kappa shape index (κ3) is 5.45. The summed E-state index contributed by atoms with van der Waals surface area (Å²) >= 11 is 0. The molecule has 5 heteroatoms. The van der Waals surface area contributed by atoms with E-state index in [4.69, 9.17) is 19.4 Å². The van der Waals surface area contributed by atoms with Crippen LogP contribution in [0.5, 0.6) is 0 Å². The summed E-state index contributed by atoms with van der Waals surface area (Å²) < 4.78 is 8.49. The van der Waals surface area contributed by atoms with Gasteiger partial charge in [-0.05, 0) is 76.9 Å². The Morgan fingerprint density at radius 1 is 0.304 bits per heavy atom. The monoisotopic (exact) mass is 716 g/mol. The number of para-hydroxylation sites is 3. The van der Waals surface area contributed by atoms with Crippen molar-refractivity contribution < 1.29 is 4.42 Å². The van der Waals surface area contributed by atoms with Crippen LogP contribution in [0.4, 0.5) is 0 Å². The molecule has 11 rings (SSSR count). The number of rotatable bonds is 6. The second kappa shape index (κ2) is 13.0. The van der Waals surface area contributed by atoms with Crippen LogP contribution in [0.25, 0.3) is 106 Å². The van der Waals surface area contributed by atoms with Crippen molar-refractivity contribution in [3.05, 3.63) is 194 Å². The maximum atomic E-state index is 6.17. The molecule has 0 aliphatic heterocycles. The van der Waals surface area contributed by atoms with Crippen LogP contribution >= 0.6 is 0 Å². The molecule has 0 atom stereocenters. The van der Waals surface area contributed by atoms with Crippen LogP contribution in [0.2, 0.25) is 0 Å². The first-order valence-electron chi connectivity index (χ1n) is 18.8. The van der Waals surface area contributed by atoms with Gasteiger partial charge in [0.2, 0.25) is 0 Å². The Labute approximate surface area is 322 Å².